The van der Waals surface area contributed by atoms with Crippen molar-refractivity contribution in [3.8, 4) is 0 Å². The van der Waals surface area contributed by atoms with Crippen LogP contribution in [0.4, 0.5) is 4.39 Å². The van der Waals surface area contributed by atoms with Crippen molar-refractivity contribution in [3.63, 3.8) is 0 Å². The lowest BCUT2D eigenvalue weighted by molar-refractivity contribution is -0.118. The highest BCUT2D eigenvalue weighted by Gasteiger charge is 2.16. The Morgan fingerprint density at radius 2 is 1.94 bits per heavy atom. The number of rotatable bonds is 7. The van der Waals surface area contributed by atoms with Gasteiger partial charge in [-0.1, -0.05) is 53.7 Å². The van der Waals surface area contributed by atoms with E-state index in [-0.39, 0.29) is 23.8 Å². The Hall–Kier alpha value is -2.68. The standard InChI is InChI=1S/C22H17ClFN3O2S2/c23-16-7-5-14(6-8-16)11-25-19(28)13-31-22-26-18-9-10-30-20(18)21(29)27(22)12-15-3-1-2-4-17(15)24/h1-10H,11-13H2,(H,25,28). The average Bonchev–Trinajstić information content (AvgIpc) is 3.24. The first-order valence-electron chi connectivity index (χ1n) is 9.36. The first-order chi connectivity index (χ1) is 15.0. The summed E-state index contributed by atoms with van der Waals surface area (Å²) in [6, 6.07) is 15.3. The normalized spacial score (nSPS) is 11.0. The second kappa shape index (κ2) is 9.64. The Morgan fingerprint density at radius 1 is 1.16 bits per heavy atom. The number of benzene rings is 2. The minimum absolute atomic E-state index is 0.0427. The van der Waals surface area contributed by atoms with E-state index >= 15 is 0 Å². The molecule has 5 nitrogen and oxygen atoms in total. The number of nitrogens with one attached hydrogen (secondary N) is 1. The van der Waals surface area contributed by atoms with Crippen LogP contribution < -0.4 is 10.9 Å². The monoisotopic (exact) mass is 473 g/mol. The molecule has 0 saturated carbocycles. The quantitative estimate of drug-likeness (QED) is 0.312. The number of halogens is 2. The molecule has 2 aromatic heterocycles. The van der Waals surface area contributed by atoms with E-state index in [4.69, 9.17) is 11.6 Å². The summed E-state index contributed by atoms with van der Waals surface area (Å²) in [6.45, 7) is 0.413. The van der Waals surface area contributed by atoms with Crippen molar-refractivity contribution >= 4 is 50.8 Å². The maximum Gasteiger partial charge on any atom is 0.272 e. The van der Waals surface area contributed by atoms with Crippen LogP contribution in [0.5, 0.6) is 0 Å². The Balaban J connectivity index is 1.52. The van der Waals surface area contributed by atoms with Gasteiger partial charge >= 0.3 is 0 Å². The third-order valence-corrected chi connectivity index (χ3v) is 6.67. The van der Waals surface area contributed by atoms with E-state index in [1.165, 1.54) is 22.0 Å². The molecular formula is C22H17ClFN3O2S2. The second-order valence-corrected chi connectivity index (χ2v) is 9.00. The fraction of sp³-hybridized carbons (Fsp3) is 0.136. The van der Waals surface area contributed by atoms with Gasteiger partial charge in [0, 0.05) is 17.1 Å². The van der Waals surface area contributed by atoms with Gasteiger partial charge in [0.25, 0.3) is 5.56 Å². The molecule has 0 aliphatic rings. The molecule has 9 heteroatoms. The second-order valence-electron chi connectivity index (χ2n) is 6.70. The SMILES string of the molecule is O=C(CSc1nc2ccsc2c(=O)n1Cc1ccccc1F)NCc1ccc(Cl)cc1. The summed E-state index contributed by atoms with van der Waals surface area (Å²) in [7, 11) is 0. The Kier molecular flexibility index (Phi) is 6.70. The van der Waals surface area contributed by atoms with Crippen LogP contribution in [0.25, 0.3) is 10.2 Å². The molecule has 1 amide bonds. The number of nitrogens with zero attached hydrogens (tertiary/aromatic N) is 2. The third-order valence-electron chi connectivity index (χ3n) is 4.55. The minimum Gasteiger partial charge on any atom is -0.351 e. The average molecular weight is 474 g/mol. The van der Waals surface area contributed by atoms with Crippen LogP contribution in [0.3, 0.4) is 0 Å². The van der Waals surface area contributed by atoms with E-state index in [1.807, 2.05) is 12.1 Å². The highest BCUT2D eigenvalue weighted by molar-refractivity contribution is 7.99. The number of amides is 1. The van der Waals surface area contributed by atoms with E-state index in [9.17, 15) is 14.0 Å². The van der Waals surface area contributed by atoms with Crippen LogP contribution in [-0.4, -0.2) is 21.2 Å². The zero-order valence-corrected chi connectivity index (χ0v) is 18.6. The molecule has 0 bridgehead atoms. The van der Waals surface area contributed by atoms with Crippen molar-refractivity contribution in [3.05, 3.63) is 92.3 Å². The van der Waals surface area contributed by atoms with Crippen LogP contribution >= 0.6 is 34.7 Å². The number of thiophene rings is 1. The highest BCUT2D eigenvalue weighted by atomic mass is 35.5. The first-order valence-corrected chi connectivity index (χ1v) is 11.6. The Morgan fingerprint density at radius 3 is 2.71 bits per heavy atom. The van der Waals surface area contributed by atoms with Crippen molar-refractivity contribution in [1.29, 1.82) is 0 Å². The molecule has 0 radical (unpaired) electrons. The number of fused-ring (bicyclic) bond motifs is 1. The molecule has 0 spiro atoms. The lowest BCUT2D eigenvalue weighted by Gasteiger charge is -2.13. The molecule has 0 aliphatic carbocycles. The predicted molar refractivity (Wildman–Crippen MR) is 123 cm³/mol. The fourth-order valence-electron chi connectivity index (χ4n) is 2.95. The molecule has 31 heavy (non-hydrogen) atoms. The maximum absolute atomic E-state index is 14.2. The van der Waals surface area contributed by atoms with Crippen LogP contribution in [0.2, 0.25) is 5.02 Å². The summed E-state index contributed by atoms with van der Waals surface area (Å²) >= 11 is 8.32. The van der Waals surface area contributed by atoms with Gasteiger partial charge in [0.2, 0.25) is 5.91 Å². The van der Waals surface area contributed by atoms with E-state index < -0.39 is 5.82 Å². The van der Waals surface area contributed by atoms with Crippen molar-refractivity contribution in [2.45, 2.75) is 18.2 Å². The first kappa shape index (κ1) is 21.5. The Bertz CT molecular complexity index is 1290. The van der Waals surface area contributed by atoms with E-state index in [2.05, 4.69) is 10.3 Å². The van der Waals surface area contributed by atoms with Crippen molar-refractivity contribution in [2.75, 3.05) is 5.75 Å². The summed E-state index contributed by atoms with van der Waals surface area (Å²) in [4.78, 5) is 29.9. The minimum atomic E-state index is -0.391. The maximum atomic E-state index is 14.2. The highest BCUT2D eigenvalue weighted by Crippen LogP contribution is 2.22. The summed E-state index contributed by atoms with van der Waals surface area (Å²) in [5.74, 6) is -0.512. The smallest absolute Gasteiger partial charge is 0.272 e. The van der Waals surface area contributed by atoms with Gasteiger partial charge in [-0.3, -0.25) is 14.2 Å². The molecule has 2 aromatic carbocycles. The zero-order valence-electron chi connectivity index (χ0n) is 16.2. The number of hydrogen-bond acceptors (Lipinski definition) is 5. The van der Waals surface area contributed by atoms with Crippen LogP contribution in [0.15, 0.2) is 69.9 Å². The molecule has 0 saturated heterocycles. The molecule has 158 valence electrons. The molecule has 4 aromatic rings. The van der Waals surface area contributed by atoms with Gasteiger partial charge in [-0.25, -0.2) is 9.37 Å². The Labute approximate surface area is 190 Å². The van der Waals surface area contributed by atoms with Gasteiger partial charge in [-0.05, 0) is 35.2 Å². The third kappa shape index (κ3) is 5.15. The van der Waals surface area contributed by atoms with Gasteiger partial charge in [-0.2, -0.15) is 0 Å². The van der Waals surface area contributed by atoms with Gasteiger partial charge in [-0.15, -0.1) is 11.3 Å². The molecule has 2 heterocycles. The van der Waals surface area contributed by atoms with Crippen LogP contribution in [0, 0.1) is 5.82 Å². The number of thioether (sulfide) groups is 1. The lowest BCUT2D eigenvalue weighted by Crippen LogP contribution is -2.27. The zero-order chi connectivity index (χ0) is 21.8. The van der Waals surface area contributed by atoms with Crippen molar-refractivity contribution in [1.82, 2.24) is 14.9 Å². The number of carbonyl (C=O) groups is 1. The molecule has 0 unspecified atom stereocenters. The lowest BCUT2D eigenvalue weighted by atomic mass is 10.2. The number of carbonyl (C=O) groups excluding carboxylic acids is 1. The van der Waals surface area contributed by atoms with E-state index in [1.54, 1.807) is 41.8 Å². The predicted octanol–water partition coefficient (Wildman–Crippen LogP) is 4.71. The molecular weight excluding hydrogens is 457 g/mol. The largest absolute Gasteiger partial charge is 0.351 e. The summed E-state index contributed by atoms with van der Waals surface area (Å²) < 4.78 is 16.1. The molecule has 0 fully saturated rings. The molecule has 4 rings (SSSR count). The van der Waals surface area contributed by atoms with Crippen LogP contribution in [-0.2, 0) is 17.9 Å². The van der Waals surface area contributed by atoms with Crippen molar-refractivity contribution in [2.24, 2.45) is 0 Å². The molecule has 0 atom stereocenters. The van der Waals surface area contributed by atoms with Crippen molar-refractivity contribution < 1.29 is 9.18 Å². The molecule has 0 aliphatic heterocycles. The summed E-state index contributed by atoms with van der Waals surface area (Å²) in [5.41, 5.74) is 1.64. The number of hydrogen-bond donors (Lipinski definition) is 1. The van der Waals surface area contributed by atoms with Gasteiger partial charge < -0.3 is 5.32 Å². The van der Waals surface area contributed by atoms with E-state index in [0.717, 1.165) is 17.3 Å². The molecule has 1 N–H and O–H groups in total. The van der Waals surface area contributed by atoms with E-state index in [0.29, 0.717) is 32.5 Å². The van der Waals surface area contributed by atoms with Gasteiger partial charge in [0.15, 0.2) is 5.16 Å². The number of aromatic nitrogens is 2. The fourth-order valence-corrected chi connectivity index (χ4v) is 4.69. The topological polar surface area (TPSA) is 64.0 Å². The summed E-state index contributed by atoms with van der Waals surface area (Å²) in [5, 5.41) is 5.64. The summed E-state index contributed by atoms with van der Waals surface area (Å²) in [6.07, 6.45) is 0. The van der Waals surface area contributed by atoms with Crippen LogP contribution in [0.1, 0.15) is 11.1 Å². The van der Waals surface area contributed by atoms with Gasteiger partial charge in [0.05, 0.1) is 17.8 Å². The van der Waals surface area contributed by atoms with Gasteiger partial charge in [0.1, 0.15) is 10.5 Å².